The van der Waals surface area contributed by atoms with Crippen LogP contribution in [0.4, 0.5) is 0 Å². The first-order chi connectivity index (χ1) is 17.6. The van der Waals surface area contributed by atoms with Gasteiger partial charge in [-0.3, -0.25) is 9.69 Å². The molecule has 0 radical (unpaired) electrons. The lowest BCUT2D eigenvalue weighted by atomic mass is 10.1. The Labute approximate surface area is 220 Å². The molecule has 0 N–H and O–H groups in total. The number of thioether (sulfide) groups is 1. The number of aromatic nitrogens is 2. The van der Waals surface area contributed by atoms with E-state index in [1.165, 1.54) is 11.8 Å². The number of carbonyl (C=O) groups excluding carboxylic acids is 1. The molecule has 0 atom stereocenters. The minimum Gasteiger partial charge on any atom is -0.494 e. The van der Waals surface area contributed by atoms with Crippen LogP contribution >= 0.6 is 24.0 Å². The van der Waals surface area contributed by atoms with Crippen molar-refractivity contribution in [2.75, 3.05) is 6.61 Å². The Kier molecular flexibility index (Phi) is 7.30. The summed E-state index contributed by atoms with van der Waals surface area (Å²) >= 11 is 6.89. The molecule has 5 rings (SSSR count). The van der Waals surface area contributed by atoms with Gasteiger partial charge in [-0.25, -0.2) is 4.68 Å². The molecule has 1 aromatic heterocycles. The zero-order valence-electron chi connectivity index (χ0n) is 19.8. The van der Waals surface area contributed by atoms with Crippen molar-refractivity contribution < 1.29 is 9.53 Å². The summed E-state index contributed by atoms with van der Waals surface area (Å²) in [5.41, 5.74) is 4.56. The van der Waals surface area contributed by atoms with Crippen molar-refractivity contribution in [1.82, 2.24) is 14.7 Å². The van der Waals surface area contributed by atoms with Crippen LogP contribution < -0.4 is 4.74 Å². The van der Waals surface area contributed by atoms with Gasteiger partial charge in [-0.2, -0.15) is 5.10 Å². The fourth-order valence-electron chi connectivity index (χ4n) is 3.90. The van der Waals surface area contributed by atoms with E-state index < -0.39 is 0 Å². The van der Waals surface area contributed by atoms with Crippen molar-refractivity contribution in [3.8, 4) is 22.7 Å². The predicted molar refractivity (Wildman–Crippen MR) is 150 cm³/mol. The zero-order valence-corrected chi connectivity index (χ0v) is 21.5. The first kappa shape index (κ1) is 24.0. The van der Waals surface area contributed by atoms with Gasteiger partial charge in [0.1, 0.15) is 10.1 Å². The van der Waals surface area contributed by atoms with Crippen LogP contribution in [0, 0.1) is 0 Å². The van der Waals surface area contributed by atoms with Crippen LogP contribution in [0.15, 0.2) is 96.0 Å². The standard InChI is InChI=1S/C29H25N3O2S2/c1-2-17-34-25-15-13-22(14-16-25)27-23(20-32(30-27)24-11-7-4-8-12-24)18-26-28(33)31(29(35)36-26)19-21-9-5-3-6-10-21/h3-16,18,20H,2,17,19H2,1H3. The van der Waals surface area contributed by atoms with Crippen molar-refractivity contribution in [2.45, 2.75) is 19.9 Å². The number of hydrogen-bond acceptors (Lipinski definition) is 5. The maximum atomic E-state index is 13.3. The number of benzene rings is 3. The molecule has 1 aliphatic rings. The summed E-state index contributed by atoms with van der Waals surface area (Å²) in [5.74, 6) is 0.738. The normalized spacial score (nSPS) is 14.6. The van der Waals surface area contributed by atoms with E-state index in [2.05, 4.69) is 6.92 Å². The number of carbonyl (C=O) groups is 1. The Morgan fingerprint density at radius 2 is 1.67 bits per heavy atom. The van der Waals surface area contributed by atoms with Gasteiger partial charge >= 0.3 is 0 Å². The molecule has 180 valence electrons. The van der Waals surface area contributed by atoms with Gasteiger partial charge in [0.2, 0.25) is 0 Å². The van der Waals surface area contributed by atoms with Gasteiger partial charge in [-0.05, 0) is 54.5 Å². The number of para-hydroxylation sites is 1. The fourth-order valence-corrected chi connectivity index (χ4v) is 5.15. The number of amides is 1. The molecule has 0 aliphatic carbocycles. The SMILES string of the molecule is CCCOc1ccc(-c2nn(-c3ccccc3)cc2C=C2SC(=S)N(Cc3ccccc3)C2=O)cc1. The highest BCUT2D eigenvalue weighted by Gasteiger charge is 2.32. The third-order valence-electron chi connectivity index (χ3n) is 5.71. The van der Waals surface area contributed by atoms with Crippen molar-refractivity contribution in [3.05, 3.63) is 107 Å². The Morgan fingerprint density at radius 1 is 0.972 bits per heavy atom. The summed E-state index contributed by atoms with van der Waals surface area (Å²) in [6.45, 7) is 3.22. The van der Waals surface area contributed by atoms with Gasteiger partial charge in [0.25, 0.3) is 5.91 Å². The lowest BCUT2D eigenvalue weighted by Crippen LogP contribution is -2.27. The lowest BCUT2D eigenvalue weighted by molar-refractivity contribution is -0.122. The van der Waals surface area contributed by atoms with E-state index in [0.717, 1.165) is 40.2 Å². The Bertz CT molecular complexity index is 1400. The molecule has 5 nitrogen and oxygen atoms in total. The molecule has 0 saturated carbocycles. The molecule has 1 aliphatic heterocycles. The Hall–Kier alpha value is -3.68. The molecule has 7 heteroatoms. The van der Waals surface area contributed by atoms with E-state index in [-0.39, 0.29) is 5.91 Å². The van der Waals surface area contributed by atoms with Crippen LogP contribution in [-0.2, 0) is 11.3 Å². The smallest absolute Gasteiger partial charge is 0.266 e. The molecular formula is C29H25N3O2S2. The summed E-state index contributed by atoms with van der Waals surface area (Å²) in [7, 11) is 0. The fraction of sp³-hybridized carbons (Fsp3) is 0.138. The highest BCUT2D eigenvalue weighted by atomic mass is 32.2. The van der Waals surface area contributed by atoms with Gasteiger partial charge in [0.15, 0.2) is 0 Å². The van der Waals surface area contributed by atoms with Crippen molar-refractivity contribution >= 4 is 40.3 Å². The van der Waals surface area contributed by atoms with Gasteiger partial charge in [-0.1, -0.05) is 79.4 Å². The van der Waals surface area contributed by atoms with E-state index >= 15 is 0 Å². The van der Waals surface area contributed by atoms with E-state index in [9.17, 15) is 4.79 Å². The number of rotatable bonds is 8. The van der Waals surface area contributed by atoms with Gasteiger partial charge in [0, 0.05) is 17.3 Å². The number of thiocarbonyl (C=S) groups is 1. The first-order valence-corrected chi connectivity index (χ1v) is 13.0. The molecule has 1 amide bonds. The molecule has 3 aromatic carbocycles. The molecular weight excluding hydrogens is 486 g/mol. The first-order valence-electron chi connectivity index (χ1n) is 11.8. The second kappa shape index (κ2) is 10.9. The molecule has 0 unspecified atom stereocenters. The average molecular weight is 512 g/mol. The quantitative estimate of drug-likeness (QED) is 0.194. The van der Waals surface area contributed by atoms with Crippen LogP contribution in [0.3, 0.4) is 0 Å². The van der Waals surface area contributed by atoms with E-state index in [1.807, 2.05) is 102 Å². The molecule has 1 saturated heterocycles. The molecule has 0 bridgehead atoms. The van der Waals surface area contributed by atoms with Crippen molar-refractivity contribution in [1.29, 1.82) is 0 Å². The minimum atomic E-state index is -0.0874. The maximum Gasteiger partial charge on any atom is 0.266 e. The molecule has 0 spiro atoms. The summed E-state index contributed by atoms with van der Waals surface area (Å²) in [6.07, 6.45) is 4.80. The predicted octanol–water partition coefficient (Wildman–Crippen LogP) is 6.73. The number of ether oxygens (including phenoxy) is 1. The second-order valence-corrected chi connectivity index (χ2v) is 10.0. The Morgan fingerprint density at radius 3 is 2.36 bits per heavy atom. The molecule has 36 heavy (non-hydrogen) atoms. The molecule has 4 aromatic rings. The van der Waals surface area contributed by atoms with Gasteiger partial charge in [0.05, 0.1) is 29.4 Å². The molecule has 1 fully saturated rings. The second-order valence-electron chi connectivity index (χ2n) is 8.34. The molecule has 2 heterocycles. The van der Waals surface area contributed by atoms with E-state index in [1.54, 1.807) is 4.90 Å². The monoisotopic (exact) mass is 511 g/mol. The lowest BCUT2D eigenvalue weighted by Gasteiger charge is -2.14. The van der Waals surface area contributed by atoms with Crippen molar-refractivity contribution in [3.63, 3.8) is 0 Å². The largest absolute Gasteiger partial charge is 0.494 e. The van der Waals surface area contributed by atoms with Crippen LogP contribution in [0.1, 0.15) is 24.5 Å². The minimum absolute atomic E-state index is 0.0874. The summed E-state index contributed by atoms with van der Waals surface area (Å²) < 4.78 is 8.14. The summed E-state index contributed by atoms with van der Waals surface area (Å²) in [5, 5.41) is 4.88. The highest BCUT2D eigenvalue weighted by Crippen LogP contribution is 2.36. The topological polar surface area (TPSA) is 47.4 Å². The van der Waals surface area contributed by atoms with Gasteiger partial charge < -0.3 is 4.74 Å². The van der Waals surface area contributed by atoms with E-state index in [0.29, 0.717) is 22.4 Å². The van der Waals surface area contributed by atoms with Crippen LogP contribution in [0.25, 0.3) is 23.0 Å². The Balaban J connectivity index is 1.49. The van der Waals surface area contributed by atoms with Crippen LogP contribution in [0.2, 0.25) is 0 Å². The van der Waals surface area contributed by atoms with Gasteiger partial charge in [-0.15, -0.1) is 0 Å². The third kappa shape index (κ3) is 5.27. The van der Waals surface area contributed by atoms with E-state index in [4.69, 9.17) is 22.1 Å². The van der Waals surface area contributed by atoms with Crippen LogP contribution in [0.5, 0.6) is 5.75 Å². The third-order valence-corrected chi connectivity index (χ3v) is 7.09. The maximum absolute atomic E-state index is 13.3. The van der Waals surface area contributed by atoms with Crippen LogP contribution in [-0.4, -0.2) is 31.5 Å². The highest BCUT2D eigenvalue weighted by molar-refractivity contribution is 8.26. The number of nitrogens with zero attached hydrogens (tertiary/aromatic N) is 3. The summed E-state index contributed by atoms with van der Waals surface area (Å²) in [6, 6.07) is 27.7. The number of hydrogen-bond donors (Lipinski definition) is 0. The summed E-state index contributed by atoms with van der Waals surface area (Å²) in [4.78, 5) is 15.5. The average Bonchev–Trinajstić information content (AvgIpc) is 3.45. The zero-order chi connectivity index (χ0) is 24.9. The van der Waals surface area contributed by atoms with Crippen molar-refractivity contribution in [2.24, 2.45) is 0 Å².